The summed E-state index contributed by atoms with van der Waals surface area (Å²) >= 11 is 0. The van der Waals surface area contributed by atoms with E-state index in [0.29, 0.717) is 23.5 Å². The summed E-state index contributed by atoms with van der Waals surface area (Å²) in [5.74, 6) is 0.247. The molecule has 0 aromatic heterocycles. The van der Waals surface area contributed by atoms with Gasteiger partial charge in [-0.3, -0.25) is 0 Å². The van der Waals surface area contributed by atoms with E-state index in [2.05, 4.69) is 0 Å². The Morgan fingerprint density at radius 3 is 2.69 bits per heavy atom. The van der Waals surface area contributed by atoms with Gasteiger partial charge < -0.3 is 9.84 Å². The molecule has 72 valence electrons. The molecular weight excluding hydrogens is 171 g/mol. The molecule has 0 bridgehead atoms. The van der Waals surface area contributed by atoms with Crippen molar-refractivity contribution in [2.75, 3.05) is 6.61 Å². The molecule has 0 aliphatic heterocycles. The van der Waals surface area contributed by atoms with Gasteiger partial charge in [0, 0.05) is 5.56 Å². The number of hydrogen-bond acceptors (Lipinski definition) is 2. The van der Waals surface area contributed by atoms with Crippen molar-refractivity contribution in [2.24, 2.45) is 0 Å². The number of hydrogen-bond donors (Lipinski definition) is 1. The minimum absolute atomic E-state index is 0.196. The number of ether oxygens (including phenoxy) is 1. The monoisotopic (exact) mass is 184 g/mol. The van der Waals surface area contributed by atoms with Gasteiger partial charge in [-0.1, -0.05) is 0 Å². The number of benzene rings is 1. The van der Waals surface area contributed by atoms with Crippen LogP contribution in [0, 0.1) is 12.7 Å². The fourth-order valence-electron chi connectivity index (χ4n) is 1.19. The zero-order valence-corrected chi connectivity index (χ0v) is 7.80. The lowest BCUT2D eigenvalue weighted by atomic mass is 10.1. The molecule has 0 radical (unpaired) electrons. The number of aliphatic hydroxyl groups is 1. The van der Waals surface area contributed by atoms with Gasteiger partial charge in [0.15, 0.2) is 0 Å². The lowest BCUT2D eigenvalue weighted by molar-refractivity contribution is 0.265. The van der Waals surface area contributed by atoms with Gasteiger partial charge in [-0.2, -0.15) is 0 Å². The van der Waals surface area contributed by atoms with Crippen LogP contribution < -0.4 is 4.74 Å². The van der Waals surface area contributed by atoms with Gasteiger partial charge in [-0.05, 0) is 31.5 Å². The SMILES string of the molecule is CCOc1ccc(F)c(C)c1CO. The normalized spacial score (nSPS) is 10.2. The van der Waals surface area contributed by atoms with Crippen LogP contribution in [0.4, 0.5) is 4.39 Å². The van der Waals surface area contributed by atoms with E-state index in [1.165, 1.54) is 12.1 Å². The predicted molar refractivity (Wildman–Crippen MR) is 48.2 cm³/mol. The van der Waals surface area contributed by atoms with Gasteiger partial charge >= 0.3 is 0 Å². The Bertz CT molecular complexity index is 297. The van der Waals surface area contributed by atoms with Crippen molar-refractivity contribution in [2.45, 2.75) is 20.5 Å². The molecule has 0 fully saturated rings. The quantitative estimate of drug-likeness (QED) is 0.778. The summed E-state index contributed by atoms with van der Waals surface area (Å²) in [5, 5.41) is 9.00. The second-order valence-electron chi connectivity index (χ2n) is 2.74. The van der Waals surface area contributed by atoms with E-state index in [-0.39, 0.29) is 12.4 Å². The molecule has 1 aromatic carbocycles. The zero-order valence-electron chi connectivity index (χ0n) is 7.80. The van der Waals surface area contributed by atoms with Crippen molar-refractivity contribution in [3.63, 3.8) is 0 Å². The first-order valence-electron chi connectivity index (χ1n) is 4.22. The highest BCUT2D eigenvalue weighted by atomic mass is 19.1. The van der Waals surface area contributed by atoms with Gasteiger partial charge in [-0.25, -0.2) is 4.39 Å². The molecule has 0 saturated carbocycles. The van der Waals surface area contributed by atoms with Crippen LogP contribution in [0.15, 0.2) is 12.1 Å². The Morgan fingerprint density at radius 1 is 1.46 bits per heavy atom. The second-order valence-corrected chi connectivity index (χ2v) is 2.74. The summed E-state index contributed by atoms with van der Waals surface area (Å²) in [4.78, 5) is 0. The van der Waals surface area contributed by atoms with Gasteiger partial charge in [0.05, 0.1) is 13.2 Å². The van der Waals surface area contributed by atoms with Crippen LogP contribution >= 0.6 is 0 Å². The summed E-state index contributed by atoms with van der Waals surface area (Å²) in [5.41, 5.74) is 0.982. The van der Waals surface area contributed by atoms with Crippen molar-refractivity contribution in [1.29, 1.82) is 0 Å². The molecule has 2 nitrogen and oxygen atoms in total. The molecule has 1 N–H and O–H groups in total. The molecule has 0 aliphatic carbocycles. The van der Waals surface area contributed by atoms with E-state index in [0.717, 1.165) is 0 Å². The van der Waals surface area contributed by atoms with Crippen LogP contribution in [0.3, 0.4) is 0 Å². The number of aliphatic hydroxyl groups excluding tert-OH is 1. The van der Waals surface area contributed by atoms with E-state index >= 15 is 0 Å². The Balaban J connectivity index is 3.13. The molecule has 0 amide bonds. The molecule has 13 heavy (non-hydrogen) atoms. The highest BCUT2D eigenvalue weighted by Gasteiger charge is 2.09. The molecule has 0 unspecified atom stereocenters. The molecule has 0 spiro atoms. The Morgan fingerprint density at radius 2 is 2.15 bits per heavy atom. The van der Waals surface area contributed by atoms with Crippen LogP contribution in [-0.2, 0) is 6.61 Å². The van der Waals surface area contributed by atoms with Gasteiger partial charge in [0.1, 0.15) is 11.6 Å². The maximum absolute atomic E-state index is 13.0. The second kappa shape index (κ2) is 4.23. The van der Waals surface area contributed by atoms with Crippen LogP contribution in [0.1, 0.15) is 18.1 Å². The summed E-state index contributed by atoms with van der Waals surface area (Å²) < 4.78 is 18.3. The van der Waals surface area contributed by atoms with Crippen molar-refractivity contribution >= 4 is 0 Å². The Hall–Kier alpha value is -1.09. The first kappa shape index (κ1) is 9.99. The van der Waals surface area contributed by atoms with Gasteiger partial charge in [-0.15, -0.1) is 0 Å². The maximum Gasteiger partial charge on any atom is 0.126 e. The molecular formula is C10H13FO2. The highest BCUT2D eigenvalue weighted by molar-refractivity contribution is 5.39. The lowest BCUT2D eigenvalue weighted by Gasteiger charge is -2.11. The van der Waals surface area contributed by atoms with Crippen molar-refractivity contribution in [3.8, 4) is 5.75 Å². The van der Waals surface area contributed by atoms with Crippen molar-refractivity contribution in [1.82, 2.24) is 0 Å². The van der Waals surface area contributed by atoms with Gasteiger partial charge in [0.2, 0.25) is 0 Å². The summed E-state index contributed by atoms with van der Waals surface area (Å²) in [6.45, 7) is 3.79. The number of halogens is 1. The Kier molecular flexibility index (Phi) is 3.25. The molecule has 0 atom stereocenters. The lowest BCUT2D eigenvalue weighted by Crippen LogP contribution is -2.00. The van der Waals surface area contributed by atoms with Crippen LogP contribution in [0.25, 0.3) is 0 Å². The topological polar surface area (TPSA) is 29.5 Å². The molecule has 0 heterocycles. The van der Waals surface area contributed by atoms with E-state index in [4.69, 9.17) is 9.84 Å². The molecule has 1 rings (SSSR count). The van der Waals surface area contributed by atoms with Crippen molar-refractivity contribution < 1.29 is 14.2 Å². The standard InChI is InChI=1S/C10H13FO2/c1-3-13-10-5-4-9(11)7(2)8(10)6-12/h4-5,12H,3,6H2,1-2H3. The van der Waals surface area contributed by atoms with Crippen LogP contribution in [-0.4, -0.2) is 11.7 Å². The van der Waals surface area contributed by atoms with Gasteiger partial charge in [0.25, 0.3) is 0 Å². The average molecular weight is 184 g/mol. The maximum atomic E-state index is 13.0. The largest absolute Gasteiger partial charge is 0.493 e. The first-order valence-corrected chi connectivity index (χ1v) is 4.22. The van der Waals surface area contributed by atoms with E-state index in [1.54, 1.807) is 6.92 Å². The third kappa shape index (κ3) is 1.98. The average Bonchev–Trinajstić information content (AvgIpc) is 2.12. The van der Waals surface area contributed by atoms with Crippen LogP contribution in [0.5, 0.6) is 5.75 Å². The Labute approximate surface area is 77.0 Å². The summed E-state index contributed by atoms with van der Waals surface area (Å²) in [6, 6.07) is 2.89. The minimum atomic E-state index is -0.312. The van der Waals surface area contributed by atoms with Crippen LogP contribution in [0.2, 0.25) is 0 Å². The molecule has 3 heteroatoms. The molecule has 0 aliphatic rings. The zero-order chi connectivity index (χ0) is 9.84. The fourth-order valence-corrected chi connectivity index (χ4v) is 1.19. The minimum Gasteiger partial charge on any atom is -0.493 e. The molecule has 0 saturated heterocycles. The van der Waals surface area contributed by atoms with Crippen molar-refractivity contribution in [3.05, 3.63) is 29.1 Å². The van der Waals surface area contributed by atoms with E-state index < -0.39 is 0 Å². The smallest absolute Gasteiger partial charge is 0.126 e. The predicted octanol–water partition coefficient (Wildman–Crippen LogP) is 2.03. The number of rotatable bonds is 3. The van der Waals surface area contributed by atoms with E-state index in [9.17, 15) is 4.39 Å². The molecule has 1 aromatic rings. The summed E-state index contributed by atoms with van der Waals surface area (Å²) in [6.07, 6.45) is 0. The first-order chi connectivity index (χ1) is 6.20. The highest BCUT2D eigenvalue weighted by Crippen LogP contribution is 2.24. The fraction of sp³-hybridized carbons (Fsp3) is 0.400. The summed E-state index contributed by atoms with van der Waals surface area (Å²) in [7, 11) is 0. The third-order valence-electron chi connectivity index (χ3n) is 1.95. The van der Waals surface area contributed by atoms with E-state index in [1.807, 2.05) is 6.92 Å². The third-order valence-corrected chi connectivity index (χ3v) is 1.95.